The second kappa shape index (κ2) is 5.27. The normalized spacial score (nSPS) is 13.9. The highest BCUT2D eigenvalue weighted by molar-refractivity contribution is 8.01. The van der Waals surface area contributed by atoms with Crippen molar-refractivity contribution in [1.29, 1.82) is 5.26 Å². The third-order valence-corrected chi connectivity index (χ3v) is 4.24. The Hall–Kier alpha value is -1.42. The van der Waals surface area contributed by atoms with E-state index in [0.29, 0.717) is 5.75 Å². The van der Waals surface area contributed by atoms with E-state index >= 15 is 0 Å². The Kier molecular flexibility index (Phi) is 3.74. The number of hydrogen-bond donors (Lipinski definition) is 1. The molecule has 6 heteroatoms. The van der Waals surface area contributed by atoms with Crippen LogP contribution >= 0.6 is 23.3 Å². The Balaban J connectivity index is 2.13. The summed E-state index contributed by atoms with van der Waals surface area (Å²) in [5.74, 6) is 0.461. The molecular weight excluding hydrogens is 252 g/mol. The number of nitrogens with two attached hydrogens (primary N) is 1. The highest BCUT2D eigenvalue weighted by atomic mass is 32.2. The van der Waals surface area contributed by atoms with Crippen molar-refractivity contribution < 1.29 is 0 Å². The quantitative estimate of drug-likeness (QED) is 0.853. The summed E-state index contributed by atoms with van der Waals surface area (Å²) in [6, 6.07) is 11.6. The molecule has 0 saturated carbocycles. The molecule has 2 rings (SSSR count). The molecule has 2 N–H and O–H groups in total. The molecule has 1 unspecified atom stereocenters. The summed E-state index contributed by atoms with van der Waals surface area (Å²) in [6.07, 6.45) is 1.50. The van der Waals surface area contributed by atoms with E-state index in [9.17, 15) is 5.26 Å². The number of nitrogens with zero attached hydrogens (tertiary/aromatic N) is 3. The van der Waals surface area contributed by atoms with Crippen LogP contribution < -0.4 is 5.73 Å². The maximum Gasteiger partial charge on any atom is 0.169 e. The summed E-state index contributed by atoms with van der Waals surface area (Å²) in [6.45, 7) is 0. The van der Waals surface area contributed by atoms with E-state index in [1.807, 2.05) is 30.3 Å². The molecule has 0 aliphatic heterocycles. The van der Waals surface area contributed by atoms with Gasteiger partial charge < -0.3 is 5.73 Å². The fraction of sp³-hybridized carbons (Fsp3) is 0.182. The lowest BCUT2D eigenvalue weighted by molar-refractivity contribution is 0.659. The van der Waals surface area contributed by atoms with Gasteiger partial charge in [0.2, 0.25) is 0 Å². The van der Waals surface area contributed by atoms with Gasteiger partial charge >= 0.3 is 0 Å². The molecule has 1 aromatic carbocycles. The summed E-state index contributed by atoms with van der Waals surface area (Å²) in [4.78, 5) is 4.05. The fourth-order valence-corrected chi connectivity index (χ4v) is 2.82. The van der Waals surface area contributed by atoms with Gasteiger partial charge in [-0.1, -0.05) is 42.1 Å². The first kappa shape index (κ1) is 12.0. The van der Waals surface area contributed by atoms with Crippen molar-refractivity contribution in [3.05, 3.63) is 42.2 Å². The van der Waals surface area contributed by atoms with Gasteiger partial charge in [-0.05, 0) is 17.1 Å². The second-order valence-electron chi connectivity index (χ2n) is 3.45. The van der Waals surface area contributed by atoms with Crippen molar-refractivity contribution in [2.24, 2.45) is 5.73 Å². The zero-order valence-corrected chi connectivity index (χ0v) is 10.5. The maximum absolute atomic E-state index is 9.25. The molecule has 0 amide bonds. The van der Waals surface area contributed by atoms with Crippen LogP contribution in [-0.2, 0) is 5.54 Å². The molecule has 0 saturated heterocycles. The molecule has 1 atom stereocenters. The van der Waals surface area contributed by atoms with Gasteiger partial charge in [0.15, 0.2) is 4.34 Å². The van der Waals surface area contributed by atoms with Crippen molar-refractivity contribution in [1.82, 2.24) is 9.36 Å². The molecule has 1 heterocycles. The van der Waals surface area contributed by atoms with Crippen LogP contribution in [0.15, 0.2) is 41.0 Å². The van der Waals surface area contributed by atoms with E-state index in [1.165, 1.54) is 29.6 Å². The van der Waals surface area contributed by atoms with Gasteiger partial charge in [-0.15, -0.1) is 0 Å². The molecule has 0 fully saturated rings. The molecule has 1 aromatic heterocycles. The second-order valence-corrected chi connectivity index (χ2v) is 5.45. The summed E-state index contributed by atoms with van der Waals surface area (Å²) >= 11 is 2.76. The van der Waals surface area contributed by atoms with Crippen molar-refractivity contribution in [2.75, 3.05) is 5.75 Å². The SMILES string of the molecule is N#CC(N)(CSc1ncns1)c1ccccc1. The Bertz CT molecular complexity index is 506. The minimum atomic E-state index is -0.988. The number of hydrogen-bond acceptors (Lipinski definition) is 6. The van der Waals surface area contributed by atoms with Crippen LogP contribution in [0.4, 0.5) is 0 Å². The third kappa shape index (κ3) is 2.82. The van der Waals surface area contributed by atoms with Gasteiger partial charge in [0.25, 0.3) is 0 Å². The van der Waals surface area contributed by atoms with E-state index < -0.39 is 5.54 Å². The zero-order chi connectivity index (χ0) is 12.1. The fourth-order valence-electron chi connectivity index (χ4n) is 1.32. The summed E-state index contributed by atoms with van der Waals surface area (Å²) in [7, 11) is 0. The van der Waals surface area contributed by atoms with Crippen LogP contribution in [0.5, 0.6) is 0 Å². The predicted molar refractivity (Wildman–Crippen MR) is 68.6 cm³/mol. The summed E-state index contributed by atoms with van der Waals surface area (Å²) in [5.41, 5.74) is 5.94. The van der Waals surface area contributed by atoms with Gasteiger partial charge in [-0.25, -0.2) is 4.98 Å². The molecule has 0 radical (unpaired) electrons. The third-order valence-electron chi connectivity index (χ3n) is 2.25. The average molecular weight is 262 g/mol. The van der Waals surface area contributed by atoms with Crippen molar-refractivity contribution >= 4 is 23.3 Å². The first-order chi connectivity index (χ1) is 8.24. The van der Waals surface area contributed by atoms with Crippen LogP contribution in [0.2, 0.25) is 0 Å². The molecule has 0 bridgehead atoms. The average Bonchev–Trinajstić information content (AvgIpc) is 2.90. The molecule has 0 aliphatic rings. The highest BCUT2D eigenvalue weighted by Gasteiger charge is 2.27. The topological polar surface area (TPSA) is 75.6 Å². The molecular formula is C11H10N4S2. The minimum absolute atomic E-state index is 0.461. The predicted octanol–water partition coefficient (Wildman–Crippen LogP) is 2.01. The first-order valence-electron chi connectivity index (χ1n) is 4.90. The number of thioether (sulfide) groups is 1. The van der Waals surface area contributed by atoms with Crippen LogP contribution in [0.1, 0.15) is 5.56 Å². The van der Waals surface area contributed by atoms with Crippen molar-refractivity contribution in [3.8, 4) is 6.07 Å². The van der Waals surface area contributed by atoms with Gasteiger partial charge in [-0.2, -0.15) is 9.64 Å². The highest BCUT2D eigenvalue weighted by Crippen LogP contribution is 2.27. The van der Waals surface area contributed by atoms with Crippen molar-refractivity contribution in [3.63, 3.8) is 0 Å². The van der Waals surface area contributed by atoms with E-state index in [2.05, 4.69) is 15.4 Å². The lowest BCUT2D eigenvalue weighted by Crippen LogP contribution is -2.37. The van der Waals surface area contributed by atoms with Gasteiger partial charge in [0, 0.05) is 5.75 Å². The Labute approximate surface area is 108 Å². The first-order valence-corrected chi connectivity index (χ1v) is 6.66. The lowest BCUT2D eigenvalue weighted by Gasteiger charge is -2.20. The Morgan fingerprint density at radius 3 is 2.76 bits per heavy atom. The van der Waals surface area contributed by atoms with Crippen LogP contribution in [0.3, 0.4) is 0 Å². The number of aromatic nitrogens is 2. The smallest absolute Gasteiger partial charge is 0.169 e. The Morgan fingerprint density at radius 1 is 1.41 bits per heavy atom. The van der Waals surface area contributed by atoms with Gasteiger partial charge in [0.1, 0.15) is 11.9 Å². The van der Waals surface area contributed by atoms with E-state index in [4.69, 9.17) is 5.73 Å². The molecule has 0 aliphatic carbocycles. The number of rotatable bonds is 4. The monoisotopic (exact) mass is 262 g/mol. The van der Waals surface area contributed by atoms with Crippen molar-refractivity contribution in [2.45, 2.75) is 9.88 Å². The van der Waals surface area contributed by atoms with E-state index in [-0.39, 0.29) is 0 Å². The van der Waals surface area contributed by atoms with Gasteiger partial charge in [0.05, 0.1) is 6.07 Å². The van der Waals surface area contributed by atoms with Crippen LogP contribution in [0.25, 0.3) is 0 Å². The largest absolute Gasteiger partial charge is 0.309 e. The number of benzene rings is 1. The lowest BCUT2D eigenvalue weighted by atomic mass is 9.95. The Morgan fingerprint density at radius 2 is 2.18 bits per heavy atom. The van der Waals surface area contributed by atoms with Crippen LogP contribution in [-0.4, -0.2) is 15.1 Å². The molecule has 4 nitrogen and oxygen atoms in total. The van der Waals surface area contributed by atoms with E-state index in [0.717, 1.165) is 9.90 Å². The minimum Gasteiger partial charge on any atom is -0.309 e. The standard InChI is InChI=1S/C11H10N4S2/c12-6-11(13,9-4-2-1-3-5-9)7-16-10-14-8-15-17-10/h1-5,8H,7,13H2. The summed E-state index contributed by atoms with van der Waals surface area (Å²) in [5, 5.41) is 9.25. The molecule has 2 aromatic rings. The zero-order valence-electron chi connectivity index (χ0n) is 8.91. The maximum atomic E-state index is 9.25. The molecule has 86 valence electrons. The van der Waals surface area contributed by atoms with Gasteiger partial charge in [-0.3, -0.25) is 0 Å². The molecule has 17 heavy (non-hydrogen) atoms. The van der Waals surface area contributed by atoms with Crippen LogP contribution in [0, 0.1) is 11.3 Å². The molecule has 0 spiro atoms. The summed E-state index contributed by atoms with van der Waals surface area (Å²) < 4.78 is 4.73. The van der Waals surface area contributed by atoms with E-state index in [1.54, 1.807) is 0 Å². The number of nitriles is 1.